The molecule has 1 saturated heterocycles. The Morgan fingerprint density at radius 3 is 2.81 bits per heavy atom. The van der Waals surface area contributed by atoms with Crippen molar-refractivity contribution in [2.75, 3.05) is 26.7 Å². The van der Waals surface area contributed by atoms with Gasteiger partial charge in [-0.15, -0.1) is 0 Å². The van der Waals surface area contributed by atoms with Gasteiger partial charge in [-0.3, -0.25) is 14.7 Å². The molecule has 1 N–H and O–H groups in total. The standard InChI is InChI=1S/C15H21N3O3/c1-3-18-8-4-5-12(18)10-17(2)14(19)13-7-6-11(9-16-13)15(20)21/h6-7,9,12H,3-5,8,10H2,1-2H3,(H,20,21). The second kappa shape index (κ2) is 6.67. The molecule has 0 bridgehead atoms. The predicted molar refractivity (Wildman–Crippen MR) is 78.4 cm³/mol. The summed E-state index contributed by atoms with van der Waals surface area (Å²) in [5.41, 5.74) is 0.366. The molecule has 0 saturated carbocycles. The van der Waals surface area contributed by atoms with Gasteiger partial charge < -0.3 is 10.0 Å². The van der Waals surface area contributed by atoms with Crippen LogP contribution >= 0.6 is 0 Å². The van der Waals surface area contributed by atoms with E-state index in [0.29, 0.717) is 12.6 Å². The Labute approximate surface area is 124 Å². The van der Waals surface area contributed by atoms with Crippen LogP contribution in [0.1, 0.15) is 40.6 Å². The van der Waals surface area contributed by atoms with Crippen molar-refractivity contribution in [1.29, 1.82) is 0 Å². The molecule has 21 heavy (non-hydrogen) atoms. The molecule has 6 nitrogen and oxygen atoms in total. The van der Waals surface area contributed by atoms with E-state index in [4.69, 9.17) is 5.11 Å². The summed E-state index contributed by atoms with van der Waals surface area (Å²) in [7, 11) is 1.77. The molecule has 1 aliphatic rings. The molecule has 2 rings (SSSR count). The molecule has 1 unspecified atom stereocenters. The topological polar surface area (TPSA) is 73.7 Å². The molecule has 0 spiro atoms. The lowest BCUT2D eigenvalue weighted by molar-refractivity contribution is 0.0692. The number of carboxylic acids is 1. The maximum Gasteiger partial charge on any atom is 0.337 e. The molecule has 1 fully saturated rings. The van der Waals surface area contributed by atoms with Gasteiger partial charge in [0.2, 0.25) is 0 Å². The van der Waals surface area contributed by atoms with E-state index < -0.39 is 5.97 Å². The Kier molecular flexibility index (Phi) is 4.90. The van der Waals surface area contributed by atoms with E-state index in [9.17, 15) is 9.59 Å². The fraction of sp³-hybridized carbons (Fsp3) is 0.533. The summed E-state index contributed by atoms with van der Waals surface area (Å²) in [4.78, 5) is 31.1. The third-order valence-corrected chi connectivity index (χ3v) is 3.97. The molecule has 1 aliphatic heterocycles. The Morgan fingerprint density at radius 1 is 1.48 bits per heavy atom. The molecule has 1 amide bonds. The highest BCUT2D eigenvalue weighted by atomic mass is 16.4. The van der Waals surface area contributed by atoms with Gasteiger partial charge in [0.05, 0.1) is 5.56 Å². The fourth-order valence-corrected chi connectivity index (χ4v) is 2.76. The third-order valence-electron chi connectivity index (χ3n) is 3.97. The van der Waals surface area contributed by atoms with Crippen LogP contribution in [-0.4, -0.2) is 64.5 Å². The molecule has 6 heteroatoms. The second-order valence-electron chi connectivity index (χ2n) is 5.35. The maximum atomic E-state index is 12.3. The van der Waals surface area contributed by atoms with Crippen molar-refractivity contribution in [2.45, 2.75) is 25.8 Å². The number of aromatic carboxylic acids is 1. The maximum absolute atomic E-state index is 12.3. The smallest absolute Gasteiger partial charge is 0.337 e. The first kappa shape index (κ1) is 15.4. The molecule has 114 valence electrons. The van der Waals surface area contributed by atoms with Crippen LogP contribution in [0.2, 0.25) is 0 Å². The van der Waals surface area contributed by atoms with E-state index in [1.807, 2.05) is 0 Å². The van der Waals surface area contributed by atoms with E-state index in [1.165, 1.54) is 24.8 Å². The number of likely N-dealkylation sites (tertiary alicyclic amines) is 1. The average Bonchev–Trinajstić information content (AvgIpc) is 2.93. The normalized spacial score (nSPS) is 18.7. The van der Waals surface area contributed by atoms with Crippen LogP contribution in [0.5, 0.6) is 0 Å². The Balaban J connectivity index is 2.00. The summed E-state index contributed by atoms with van der Waals surface area (Å²) < 4.78 is 0. The van der Waals surface area contributed by atoms with E-state index in [-0.39, 0.29) is 17.2 Å². The molecule has 0 aromatic carbocycles. The van der Waals surface area contributed by atoms with Crippen LogP contribution in [0.4, 0.5) is 0 Å². The minimum atomic E-state index is -1.04. The molecule has 1 aromatic rings. The minimum Gasteiger partial charge on any atom is -0.478 e. The van der Waals surface area contributed by atoms with Crippen molar-refractivity contribution in [3.05, 3.63) is 29.6 Å². The molecule has 0 aliphatic carbocycles. The zero-order chi connectivity index (χ0) is 15.4. The van der Waals surface area contributed by atoms with Gasteiger partial charge in [-0.05, 0) is 38.1 Å². The number of carboxylic acid groups (broad SMARTS) is 1. The Morgan fingerprint density at radius 2 is 2.24 bits per heavy atom. The largest absolute Gasteiger partial charge is 0.478 e. The molecule has 1 aromatic heterocycles. The van der Waals surface area contributed by atoms with Crippen LogP contribution in [0, 0.1) is 0 Å². The number of aromatic nitrogens is 1. The lowest BCUT2D eigenvalue weighted by atomic mass is 10.2. The van der Waals surface area contributed by atoms with Crippen molar-refractivity contribution >= 4 is 11.9 Å². The fourth-order valence-electron chi connectivity index (χ4n) is 2.76. The molecule has 2 heterocycles. The van der Waals surface area contributed by atoms with Crippen molar-refractivity contribution < 1.29 is 14.7 Å². The second-order valence-corrected chi connectivity index (χ2v) is 5.35. The summed E-state index contributed by atoms with van der Waals surface area (Å²) >= 11 is 0. The highest BCUT2D eigenvalue weighted by molar-refractivity contribution is 5.93. The quantitative estimate of drug-likeness (QED) is 0.886. The van der Waals surface area contributed by atoms with Gasteiger partial charge in [0.1, 0.15) is 5.69 Å². The van der Waals surface area contributed by atoms with Gasteiger partial charge >= 0.3 is 5.97 Å². The van der Waals surface area contributed by atoms with E-state index in [0.717, 1.165) is 19.5 Å². The van der Waals surface area contributed by atoms with Crippen LogP contribution in [0.25, 0.3) is 0 Å². The average molecular weight is 291 g/mol. The van der Waals surface area contributed by atoms with Crippen molar-refractivity contribution in [1.82, 2.24) is 14.8 Å². The number of amides is 1. The lowest BCUT2D eigenvalue weighted by Crippen LogP contribution is -2.41. The number of pyridine rings is 1. The van der Waals surface area contributed by atoms with E-state index in [1.54, 1.807) is 11.9 Å². The summed E-state index contributed by atoms with van der Waals surface area (Å²) in [5, 5.41) is 8.83. The van der Waals surface area contributed by atoms with Gasteiger partial charge in [-0.25, -0.2) is 4.79 Å². The van der Waals surface area contributed by atoms with Crippen molar-refractivity contribution in [3.63, 3.8) is 0 Å². The van der Waals surface area contributed by atoms with Gasteiger partial charge in [0, 0.05) is 25.8 Å². The summed E-state index contributed by atoms with van der Waals surface area (Å²) in [5.74, 6) is -1.21. The first-order valence-corrected chi connectivity index (χ1v) is 7.21. The Hall–Kier alpha value is -1.95. The SMILES string of the molecule is CCN1CCCC1CN(C)C(=O)c1ccc(C(=O)O)cn1. The summed E-state index contributed by atoms with van der Waals surface area (Å²) in [6.07, 6.45) is 3.50. The number of carbonyl (C=O) groups excluding carboxylic acids is 1. The zero-order valence-electron chi connectivity index (χ0n) is 12.5. The van der Waals surface area contributed by atoms with Gasteiger partial charge in [0.15, 0.2) is 0 Å². The monoisotopic (exact) mass is 291 g/mol. The van der Waals surface area contributed by atoms with Crippen LogP contribution in [0.15, 0.2) is 18.3 Å². The summed E-state index contributed by atoms with van der Waals surface area (Å²) in [6.45, 7) is 4.90. The molecular formula is C15H21N3O3. The highest BCUT2D eigenvalue weighted by Gasteiger charge is 2.26. The van der Waals surface area contributed by atoms with E-state index >= 15 is 0 Å². The van der Waals surface area contributed by atoms with Crippen LogP contribution in [-0.2, 0) is 0 Å². The lowest BCUT2D eigenvalue weighted by Gasteiger charge is -2.27. The number of carbonyl (C=O) groups is 2. The van der Waals surface area contributed by atoms with Crippen molar-refractivity contribution in [3.8, 4) is 0 Å². The molecule has 1 atom stereocenters. The van der Waals surface area contributed by atoms with Gasteiger partial charge in [-0.1, -0.05) is 6.92 Å². The van der Waals surface area contributed by atoms with Crippen molar-refractivity contribution in [2.24, 2.45) is 0 Å². The number of nitrogens with zero attached hydrogens (tertiary/aromatic N) is 3. The first-order valence-electron chi connectivity index (χ1n) is 7.21. The zero-order valence-corrected chi connectivity index (χ0v) is 12.5. The number of likely N-dealkylation sites (N-methyl/N-ethyl adjacent to an activating group) is 2. The highest BCUT2D eigenvalue weighted by Crippen LogP contribution is 2.17. The van der Waals surface area contributed by atoms with E-state index in [2.05, 4.69) is 16.8 Å². The van der Waals surface area contributed by atoms with Gasteiger partial charge in [0.25, 0.3) is 5.91 Å². The summed E-state index contributed by atoms with van der Waals surface area (Å²) in [6, 6.07) is 3.28. The van der Waals surface area contributed by atoms with Gasteiger partial charge in [-0.2, -0.15) is 0 Å². The third kappa shape index (κ3) is 3.58. The first-order chi connectivity index (χ1) is 10.0. The Bertz CT molecular complexity index is 515. The van der Waals surface area contributed by atoms with Crippen LogP contribution < -0.4 is 0 Å². The number of rotatable bonds is 5. The molecular weight excluding hydrogens is 270 g/mol. The minimum absolute atomic E-state index is 0.0853. The number of hydrogen-bond acceptors (Lipinski definition) is 4. The predicted octanol–water partition coefficient (Wildman–Crippen LogP) is 1.34. The molecule has 0 radical (unpaired) electrons. The number of hydrogen-bond donors (Lipinski definition) is 1. The van der Waals surface area contributed by atoms with Crippen LogP contribution in [0.3, 0.4) is 0 Å².